The lowest BCUT2D eigenvalue weighted by molar-refractivity contribution is -0.142. The molecule has 9 heteroatoms. The summed E-state index contributed by atoms with van der Waals surface area (Å²) < 4.78 is 13.7. The van der Waals surface area contributed by atoms with Gasteiger partial charge in [0.1, 0.15) is 0 Å². The molecule has 30 heavy (non-hydrogen) atoms. The highest BCUT2D eigenvalue weighted by atomic mass is 79.9. The lowest BCUT2D eigenvalue weighted by atomic mass is 9.83. The average Bonchev–Trinajstić information content (AvgIpc) is 3.47. The predicted molar refractivity (Wildman–Crippen MR) is 128 cm³/mol. The zero-order valence-electron chi connectivity index (χ0n) is 18.1. The third kappa shape index (κ3) is 13.1. The van der Waals surface area contributed by atoms with Crippen LogP contribution >= 0.6 is 47.8 Å². The van der Waals surface area contributed by atoms with E-state index in [1.54, 1.807) is 0 Å². The number of hydrogen-bond acceptors (Lipinski definition) is 6. The number of esters is 3. The standard InChI is InChI=1S/3C7H11BrO2/c1-10-6(9)4-7(5-8)2-3-7;1-10-6(9)5-7(8)3-2-4-7;1-6(3-4-8)5-7(9)10-2/h2*2-5H2,1H3;1,3-5H2,2H3. The first-order valence-electron chi connectivity index (χ1n) is 9.77. The Balaban J connectivity index is 0.000000420. The van der Waals surface area contributed by atoms with Crippen molar-refractivity contribution in [3.8, 4) is 0 Å². The van der Waals surface area contributed by atoms with Gasteiger partial charge in [0.15, 0.2) is 0 Å². The second-order valence-electron chi connectivity index (χ2n) is 7.59. The zero-order chi connectivity index (χ0) is 23.2. The van der Waals surface area contributed by atoms with Gasteiger partial charge in [-0.05, 0) is 37.5 Å². The molecular weight excluding hydrogens is 588 g/mol. The lowest BCUT2D eigenvalue weighted by Crippen LogP contribution is -2.32. The van der Waals surface area contributed by atoms with Gasteiger partial charge < -0.3 is 14.2 Å². The van der Waals surface area contributed by atoms with Crippen LogP contribution < -0.4 is 0 Å². The zero-order valence-corrected chi connectivity index (χ0v) is 22.8. The normalized spacial score (nSPS) is 16.9. The highest BCUT2D eigenvalue weighted by molar-refractivity contribution is 9.10. The monoisotopic (exact) mass is 618 g/mol. The summed E-state index contributed by atoms with van der Waals surface area (Å²) in [5.41, 5.74) is 1.16. The van der Waals surface area contributed by atoms with Crippen molar-refractivity contribution in [2.75, 3.05) is 32.0 Å². The average molecular weight is 621 g/mol. The summed E-state index contributed by atoms with van der Waals surface area (Å²) in [6.07, 6.45) is 8.00. The van der Waals surface area contributed by atoms with E-state index in [-0.39, 0.29) is 27.6 Å². The molecule has 0 aromatic carbocycles. The van der Waals surface area contributed by atoms with Crippen LogP contribution in [0.3, 0.4) is 0 Å². The van der Waals surface area contributed by atoms with Crippen LogP contribution in [0.5, 0.6) is 0 Å². The van der Waals surface area contributed by atoms with Crippen LogP contribution in [-0.4, -0.2) is 54.2 Å². The highest BCUT2D eigenvalue weighted by Crippen LogP contribution is 2.50. The second kappa shape index (κ2) is 15.4. The molecule has 0 aliphatic heterocycles. The number of alkyl halides is 3. The van der Waals surface area contributed by atoms with Gasteiger partial charge in [0.25, 0.3) is 0 Å². The number of carbonyl (C=O) groups is 3. The minimum absolute atomic E-state index is 0.0834. The van der Waals surface area contributed by atoms with Crippen molar-refractivity contribution in [1.82, 2.24) is 0 Å². The van der Waals surface area contributed by atoms with Crippen molar-refractivity contribution in [1.29, 1.82) is 0 Å². The highest BCUT2D eigenvalue weighted by Gasteiger charge is 2.43. The number of methoxy groups -OCH3 is 3. The molecule has 2 fully saturated rings. The van der Waals surface area contributed by atoms with Crippen molar-refractivity contribution >= 4 is 65.7 Å². The molecule has 6 nitrogen and oxygen atoms in total. The molecule has 0 heterocycles. The van der Waals surface area contributed by atoms with Gasteiger partial charge in [0, 0.05) is 15.0 Å². The van der Waals surface area contributed by atoms with Crippen molar-refractivity contribution in [3.63, 3.8) is 0 Å². The van der Waals surface area contributed by atoms with Gasteiger partial charge in [-0.2, -0.15) is 0 Å². The number of hydrogen-bond donors (Lipinski definition) is 0. The van der Waals surface area contributed by atoms with Crippen molar-refractivity contribution in [2.24, 2.45) is 5.41 Å². The molecule has 2 aliphatic rings. The van der Waals surface area contributed by atoms with Gasteiger partial charge in [-0.1, -0.05) is 66.4 Å². The van der Waals surface area contributed by atoms with E-state index in [1.165, 1.54) is 27.8 Å². The van der Waals surface area contributed by atoms with E-state index >= 15 is 0 Å². The molecule has 0 aromatic heterocycles. The quantitative estimate of drug-likeness (QED) is 0.147. The van der Waals surface area contributed by atoms with E-state index in [9.17, 15) is 14.4 Å². The molecule has 0 aromatic rings. The topological polar surface area (TPSA) is 78.9 Å². The van der Waals surface area contributed by atoms with Crippen LogP contribution in [0.1, 0.15) is 57.8 Å². The number of ether oxygens (including phenoxy) is 3. The van der Waals surface area contributed by atoms with E-state index < -0.39 is 0 Å². The molecule has 0 N–H and O–H groups in total. The Bertz CT molecular complexity index is 552. The Morgan fingerprint density at radius 2 is 1.37 bits per heavy atom. The number of carbonyl (C=O) groups excluding carboxylic acids is 3. The van der Waals surface area contributed by atoms with Crippen molar-refractivity contribution in [2.45, 2.75) is 62.1 Å². The van der Waals surface area contributed by atoms with E-state index in [0.29, 0.717) is 19.3 Å². The molecule has 0 atom stereocenters. The Morgan fingerprint density at radius 3 is 1.70 bits per heavy atom. The molecule has 2 saturated carbocycles. The van der Waals surface area contributed by atoms with E-state index in [1.807, 2.05) is 0 Å². The van der Waals surface area contributed by atoms with Crippen LogP contribution in [0.15, 0.2) is 12.2 Å². The van der Waals surface area contributed by atoms with Gasteiger partial charge >= 0.3 is 17.9 Å². The largest absolute Gasteiger partial charge is 0.469 e. The van der Waals surface area contributed by atoms with Gasteiger partial charge in [-0.15, -0.1) is 0 Å². The van der Waals surface area contributed by atoms with Crippen LogP contribution in [0.2, 0.25) is 0 Å². The van der Waals surface area contributed by atoms with Gasteiger partial charge in [0.2, 0.25) is 0 Å². The summed E-state index contributed by atoms with van der Waals surface area (Å²) in [6.45, 7) is 3.70. The molecule has 0 radical (unpaired) electrons. The fourth-order valence-corrected chi connectivity index (χ4v) is 4.59. The molecule has 174 valence electrons. The minimum Gasteiger partial charge on any atom is -0.469 e. The summed E-state index contributed by atoms with van der Waals surface area (Å²) in [5.74, 6) is -0.417. The van der Waals surface area contributed by atoms with Crippen LogP contribution in [0, 0.1) is 5.41 Å². The molecular formula is C21H33Br3O6. The summed E-state index contributed by atoms with van der Waals surface area (Å²) in [5, 5.41) is 1.78. The maximum atomic E-state index is 10.8. The molecule has 2 aliphatic carbocycles. The Hall–Kier alpha value is -0.410. The second-order valence-corrected chi connectivity index (χ2v) is 10.6. The van der Waals surface area contributed by atoms with Gasteiger partial charge in [-0.3, -0.25) is 14.4 Å². The minimum atomic E-state index is -0.217. The summed E-state index contributed by atoms with van der Waals surface area (Å²) >= 11 is 10.1. The Morgan fingerprint density at radius 1 is 0.867 bits per heavy atom. The molecule has 2 rings (SSSR count). The molecule has 0 saturated heterocycles. The molecule has 0 unspecified atom stereocenters. The molecule has 0 spiro atoms. The lowest BCUT2D eigenvalue weighted by Gasteiger charge is -2.34. The first kappa shape index (κ1) is 29.6. The van der Waals surface area contributed by atoms with E-state index in [2.05, 4.69) is 68.6 Å². The van der Waals surface area contributed by atoms with Crippen LogP contribution in [0.25, 0.3) is 0 Å². The van der Waals surface area contributed by atoms with Gasteiger partial charge in [0.05, 0.1) is 40.6 Å². The SMILES string of the molecule is C=C(CCBr)CC(=O)OC.COC(=O)CC1(Br)CCC1.COC(=O)CC1(CBr)CC1. The Labute approximate surface area is 205 Å². The van der Waals surface area contributed by atoms with Crippen LogP contribution in [0.4, 0.5) is 0 Å². The van der Waals surface area contributed by atoms with E-state index in [0.717, 1.165) is 48.3 Å². The maximum Gasteiger partial charge on any atom is 0.309 e. The third-order valence-electron chi connectivity index (χ3n) is 5.00. The smallest absolute Gasteiger partial charge is 0.309 e. The first-order valence-corrected chi connectivity index (χ1v) is 12.8. The fraction of sp³-hybridized carbons (Fsp3) is 0.762. The van der Waals surface area contributed by atoms with E-state index in [4.69, 9.17) is 0 Å². The molecule has 0 bridgehead atoms. The maximum absolute atomic E-state index is 10.8. The molecule has 0 amide bonds. The predicted octanol–water partition coefficient (Wildman–Crippen LogP) is 5.48. The first-order chi connectivity index (χ1) is 14.1. The van der Waals surface area contributed by atoms with Crippen molar-refractivity contribution in [3.05, 3.63) is 12.2 Å². The summed E-state index contributed by atoms with van der Waals surface area (Å²) in [7, 11) is 4.24. The Kier molecular flexibility index (Phi) is 15.2. The van der Waals surface area contributed by atoms with Crippen LogP contribution in [-0.2, 0) is 28.6 Å². The summed E-state index contributed by atoms with van der Waals surface area (Å²) in [4.78, 5) is 32.1. The summed E-state index contributed by atoms with van der Waals surface area (Å²) in [6, 6.07) is 0. The van der Waals surface area contributed by atoms with Crippen molar-refractivity contribution < 1.29 is 28.6 Å². The number of rotatable bonds is 9. The third-order valence-corrected chi connectivity index (χ3v) is 7.66. The fourth-order valence-electron chi connectivity index (χ4n) is 2.48. The van der Waals surface area contributed by atoms with Gasteiger partial charge in [-0.25, -0.2) is 0 Å². The number of halogens is 3.